The molecule has 0 aromatic rings. The van der Waals surface area contributed by atoms with Gasteiger partial charge in [-0.1, -0.05) is 0 Å². The highest BCUT2D eigenvalue weighted by molar-refractivity contribution is 7.84. The number of hydrogen-bond acceptors (Lipinski definition) is 57. The molecule has 7 fully saturated rings. The number of carboxylic acids is 4. The smallest absolute Gasteiger partial charge is 0.397 e. The van der Waals surface area contributed by atoms with Gasteiger partial charge in [0.25, 0.3) is 0 Å². The van der Waals surface area contributed by atoms with E-state index in [1.165, 1.54) is 9.44 Å². The van der Waals surface area contributed by atoms with Crippen LogP contribution in [0.25, 0.3) is 0 Å². The van der Waals surface area contributed by atoms with Gasteiger partial charge in [-0.3, -0.25) is 50.3 Å². The third-order valence-electron chi connectivity index (χ3n) is 18.9. The molecular weight excluding hydrogens is 2110 g/mol. The molecule has 8 rings (SSSR count). The maximum absolute atomic E-state index is 13.4. The Kier molecular flexibility index (Phi) is 37.7. The molecule has 0 unspecified atom stereocenters. The number of nitrogens with one attached hydrogen (secondary N) is 4. The van der Waals surface area contributed by atoms with Gasteiger partial charge in [-0.2, -0.15) is 98.3 Å². The first kappa shape index (κ1) is 115. The molecule has 0 aromatic carbocycles. The van der Waals surface area contributed by atoms with Gasteiger partial charge in [-0.05, 0) is 6.08 Å². The van der Waals surface area contributed by atoms with E-state index in [0.29, 0.717) is 6.92 Å². The van der Waals surface area contributed by atoms with Crippen LogP contribution >= 0.6 is 0 Å². The Hall–Kier alpha value is -5.37. The summed E-state index contributed by atoms with van der Waals surface area (Å²) >= 11 is 0. The van der Waals surface area contributed by atoms with Crippen molar-refractivity contribution in [2.75, 3.05) is 26.4 Å². The Balaban J connectivity index is 1.10. The van der Waals surface area contributed by atoms with E-state index >= 15 is 0 Å². The Morgan fingerprint density at radius 3 is 0.970 bits per heavy atom. The zero-order valence-electron chi connectivity index (χ0n) is 65.3. The van der Waals surface area contributed by atoms with E-state index in [9.17, 15) is 225 Å². The zero-order chi connectivity index (χ0) is 102. The summed E-state index contributed by atoms with van der Waals surface area (Å²) in [4.78, 5) is 64.6. The van der Waals surface area contributed by atoms with Crippen molar-refractivity contribution >= 4 is 133 Å². The molecule has 135 heavy (non-hydrogen) atoms. The van der Waals surface area contributed by atoms with Crippen LogP contribution in [-0.2, 0) is 228 Å². The van der Waals surface area contributed by atoms with Crippen molar-refractivity contribution in [3.8, 4) is 0 Å². The molecule has 8 aliphatic heterocycles. The van der Waals surface area contributed by atoms with Crippen molar-refractivity contribution in [2.24, 2.45) is 0 Å². The summed E-state index contributed by atoms with van der Waals surface area (Å²) in [5.41, 5.74) is 0. The maximum Gasteiger partial charge on any atom is 0.397 e. The van der Waals surface area contributed by atoms with Crippen molar-refractivity contribution in [2.45, 2.75) is 240 Å². The summed E-state index contributed by atoms with van der Waals surface area (Å²) < 4.78 is 456. The van der Waals surface area contributed by atoms with E-state index in [-0.39, 0.29) is 6.08 Å². The largest absolute Gasteiger partial charge is 0.479 e. The van der Waals surface area contributed by atoms with Crippen LogP contribution in [-0.4, -0.2) is 491 Å². The van der Waals surface area contributed by atoms with E-state index in [2.05, 4.69) is 29.3 Å². The predicted octanol–water partition coefficient (Wildman–Crippen LogP) is -19.8. The molecule has 8 heterocycles. The number of aliphatic carboxylic acids is 4. The minimum Gasteiger partial charge on any atom is -0.479 e. The summed E-state index contributed by atoms with van der Waals surface area (Å²) in [6, 6.07) is -11.6. The molecule has 784 valence electrons. The third kappa shape index (κ3) is 32.3. The van der Waals surface area contributed by atoms with Gasteiger partial charge in [-0.15, -0.1) is 0 Å². The summed E-state index contributed by atoms with van der Waals surface area (Å²) in [7, 11) is -59.8. The Labute approximate surface area is 753 Å². The van der Waals surface area contributed by atoms with Crippen LogP contribution in [0.3, 0.4) is 0 Å². The second kappa shape index (κ2) is 44.2. The Bertz CT molecular complexity index is 5470. The lowest BCUT2D eigenvalue weighted by atomic mass is 9.93. The first-order valence-corrected chi connectivity index (χ1v) is 49.5. The second-order valence-corrected chi connectivity index (χ2v) is 39.4. The molecule has 7 saturated heterocycles. The Morgan fingerprint density at radius 2 is 0.600 bits per heavy atom. The zero-order valence-corrected chi connectivity index (χ0v) is 73.5. The van der Waals surface area contributed by atoms with Gasteiger partial charge in [-0.25, -0.2) is 48.5 Å². The normalized spacial score (nSPS) is 39.2. The summed E-state index contributed by atoms with van der Waals surface area (Å²) in [5.74, 6) is -12.5. The Morgan fingerprint density at radius 1 is 0.304 bits per heavy atom. The first-order chi connectivity index (χ1) is 61.4. The van der Waals surface area contributed by atoms with Crippen LogP contribution in [0, 0.1) is 0 Å². The molecule has 28 N–H and O–H groups in total. The van der Waals surface area contributed by atoms with E-state index in [1.807, 2.05) is 5.32 Å². The monoisotopic (exact) mass is 2190 g/mol. The number of carboxylic acid groups (broad SMARTS) is 4. The average Bonchev–Trinajstić information content (AvgIpc) is 0.753. The van der Waals surface area contributed by atoms with Gasteiger partial charge in [0.15, 0.2) is 74.6 Å². The lowest BCUT2D eigenvalue weighted by molar-refractivity contribution is -0.379. The highest BCUT2D eigenvalue weighted by Gasteiger charge is 2.64. The van der Waals surface area contributed by atoms with Gasteiger partial charge >= 0.3 is 128 Å². The molecule has 0 spiro atoms. The number of aliphatic hydroxyl groups excluding tert-OH is 10. The highest BCUT2D eigenvalue weighted by Crippen LogP contribution is 2.42. The van der Waals surface area contributed by atoms with E-state index in [4.69, 9.17) is 71.1 Å². The SMILES string of the molecule is CC(=O)N[C@H]1[C@@H](O[C@H]2[C@H](O)[C@@H](O)[C@H](O[C@H]3[C@H](OS(=O)(=O)O)[C@@H](NS(=O)(=O)O)[C@@H](O[C@H]4[C@H](O)[C@@H](OS(=O)(=O)O)[C@H](O[C@H]5[C@H](O)[C@@H](NS(=O)(=O)O)[C@@H](O)O[C@@H]5COS(=O)(=O)O)O[C@H]4C(=O)O)O[C@@H]3COS(=O)(=O)O)O[C@@H]2C(=O)O)O[C@H](COS(=O)(=O)O)[C@@H](O[C@@H]2O[C@@H](C(=O)O)[C@@H](O[C@H]3O[C@H](COS(=O)(=O)O)[C@@H](O[C@@H]4OC(C(=O)O)=C[C@H](O)[C@H]4OS(=O)(=O)O)[C@H](O)[C@H]3NS(=O)(=O)O)[C@H](O)[C@H]2O)[C@@H]1O. The number of carbonyl (C=O) groups is 5. The molecule has 0 radical (unpaired) electrons. The molecule has 8 aliphatic rings. The van der Waals surface area contributed by atoms with Crippen LogP contribution in [0.15, 0.2) is 11.8 Å². The van der Waals surface area contributed by atoms with Crippen molar-refractivity contribution in [1.82, 2.24) is 19.5 Å². The van der Waals surface area contributed by atoms with Gasteiger partial charge < -0.3 is 148 Å². The molecule has 0 bridgehead atoms. The van der Waals surface area contributed by atoms with Crippen molar-refractivity contribution < 1.29 is 326 Å². The number of amides is 1. The standard InChI is InChI=1S/C50H78N4O71S10/c1-7(55)51-15-19(58)28(113-47-23(62)21(60)33(37(120-47)41(69)70)118-45-16(53-127(77,78)79)20(59)29(12(111-45)5-106-131(89,90)91)114-49-26(123-133(95,96)97)8(56)2-9(109-49)39(65)66)11(4-105-130(86,87)88)110-44(15)117-32-22(61)24(63)48(121-36(32)40(67)68)116-30-13(6-107-132(92,93)94)112-46(17(54-128(80,81)82)31(30)124-134(98,99)100)119-34-25(64)35(125-135(101,102)103)50(122-38(34)42(71)72)115-27-10(3-104-129(83,84)85)108-43(73)14(18(27)57)52-126(74,75)76/h2,8,10-38,43-50,52-54,56-64,73H,3-6H2,1H3,(H,51,55)(H,65,66)(H,67,68)(H,69,70)(H,71,72)(H,74,75,76)(H,77,78,79)(H,80,81,82)(H,83,84,85)(H,86,87,88)(H,89,90,91)(H,92,93,94)(H,95,96,97)(H,98,99,100)(H,101,102,103)/t8-,10+,11+,12+,13+,14+,15+,16+,17+,18+,19+,20+,21+,22+,23+,24+,25-,26+,27+,28+,29+,30+,31+,32-,33-,34-,35+,36-,37+,38+,43-,44+,45+,46+,47+,48+,49-,50+/m0/s1. The van der Waals surface area contributed by atoms with Gasteiger partial charge in [0.1, 0.15) is 152 Å². The quantitative estimate of drug-likeness (QED) is 0.0252. The lowest BCUT2D eigenvalue weighted by Gasteiger charge is -2.51. The number of ether oxygens (including phenoxy) is 15. The second-order valence-electron chi connectivity index (χ2n) is 28.3. The summed E-state index contributed by atoms with van der Waals surface area (Å²) in [6.07, 6.45) is -103. The topological polar surface area (TPSA) is 1160 Å². The average molecular weight is 2190 g/mol. The number of rotatable bonds is 43. The van der Waals surface area contributed by atoms with Crippen LogP contribution in [0.5, 0.6) is 0 Å². The molecule has 75 nitrogen and oxygen atoms in total. The molecular formula is C50H78N4O71S10. The van der Waals surface area contributed by atoms with Crippen LogP contribution < -0.4 is 19.5 Å². The number of carbonyl (C=O) groups excluding carboxylic acids is 1. The van der Waals surface area contributed by atoms with Crippen molar-refractivity contribution in [3.63, 3.8) is 0 Å². The molecule has 0 saturated carbocycles. The van der Waals surface area contributed by atoms with E-state index in [0.717, 1.165) is 4.72 Å². The lowest BCUT2D eigenvalue weighted by Crippen LogP contribution is -2.71. The van der Waals surface area contributed by atoms with Crippen LogP contribution in [0.4, 0.5) is 0 Å². The van der Waals surface area contributed by atoms with Crippen molar-refractivity contribution in [1.29, 1.82) is 0 Å². The van der Waals surface area contributed by atoms with Crippen LogP contribution in [0.1, 0.15) is 6.92 Å². The van der Waals surface area contributed by atoms with Crippen LogP contribution in [0.2, 0.25) is 0 Å². The van der Waals surface area contributed by atoms with E-state index < -0.39 is 399 Å². The maximum atomic E-state index is 13.4. The predicted molar refractivity (Wildman–Crippen MR) is 387 cm³/mol. The minimum absolute atomic E-state index is 0.218. The molecule has 38 atom stereocenters. The van der Waals surface area contributed by atoms with Gasteiger partial charge in [0, 0.05) is 6.92 Å². The fourth-order valence-corrected chi connectivity index (χ4v) is 18.2. The summed E-state index contributed by atoms with van der Waals surface area (Å²) in [6.45, 7) is -6.93. The molecule has 0 aliphatic carbocycles. The first-order valence-electron chi connectivity index (χ1n) is 35.6. The van der Waals surface area contributed by atoms with Gasteiger partial charge in [0.2, 0.25) is 18.0 Å². The fraction of sp³-hybridized carbons (Fsp3) is 0.860. The number of hydrogen-bond donors (Lipinski definition) is 28. The molecule has 85 heteroatoms. The summed E-state index contributed by atoms with van der Waals surface area (Å²) in [5, 5.41) is 159. The fourth-order valence-electron chi connectivity index (χ4n) is 13.7. The van der Waals surface area contributed by atoms with Crippen molar-refractivity contribution in [3.05, 3.63) is 11.8 Å². The molecule has 1 amide bonds. The number of aliphatic hydroxyl groups is 10. The minimum atomic E-state index is -6.52. The molecule has 0 aromatic heterocycles. The highest BCUT2D eigenvalue weighted by atomic mass is 32.3. The van der Waals surface area contributed by atoms with Gasteiger partial charge in [0.05, 0.1) is 26.4 Å². The third-order valence-corrected chi connectivity index (χ3v) is 23.7. The van der Waals surface area contributed by atoms with E-state index in [1.54, 1.807) is 0 Å².